The number of ether oxygens (including phenoxy) is 1. The van der Waals surface area contributed by atoms with Crippen molar-refractivity contribution in [2.75, 3.05) is 11.9 Å². The number of esters is 1. The number of amides is 1. The number of nitriles is 1. The van der Waals surface area contributed by atoms with Crippen molar-refractivity contribution in [2.24, 2.45) is 0 Å². The van der Waals surface area contributed by atoms with E-state index >= 15 is 0 Å². The summed E-state index contributed by atoms with van der Waals surface area (Å²) in [6.07, 6.45) is 1.32. The van der Waals surface area contributed by atoms with Gasteiger partial charge in [0.15, 0.2) is 0 Å². The lowest BCUT2D eigenvalue weighted by Gasteiger charge is -2.06. The molecule has 0 saturated carbocycles. The summed E-state index contributed by atoms with van der Waals surface area (Å²) >= 11 is 12.2. The Hall–Kier alpha value is -3.53. The Balaban J connectivity index is 1.75. The number of carbonyl (C=O) groups excluding carboxylic acids is 2. The van der Waals surface area contributed by atoms with Crippen molar-refractivity contribution in [1.29, 1.82) is 5.26 Å². The maximum absolute atomic E-state index is 12.5. The summed E-state index contributed by atoms with van der Waals surface area (Å²) in [6, 6.07) is 16.4. The Morgan fingerprint density at radius 1 is 1.13 bits per heavy atom. The van der Waals surface area contributed by atoms with E-state index in [2.05, 4.69) is 5.32 Å². The summed E-state index contributed by atoms with van der Waals surface area (Å²) in [7, 11) is 0. The zero-order valence-corrected chi connectivity index (χ0v) is 17.8. The molecular formula is C23H16Cl2N2O4. The minimum absolute atomic E-state index is 0.160. The molecule has 31 heavy (non-hydrogen) atoms. The topological polar surface area (TPSA) is 92.3 Å². The van der Waals surface area contributed by atoms with Crippen molar-refractivity contribution < 1.29 is 18.7 Å². The van der Waals surface area contributed by atoms with Crippen LogP contribution in [0.5, 0.6) is 0 Å². The van der Waals surface area contributed by atoms with Gasteiger partial charge in [0.2, 0.25) is 0 Å². The normalized spacial score (nSPS) is 11.0. The monoisotopic (exact) mass is 454 g/mol. The number of hydrogen-bond donors (Lipinski definition) is 1. The number of rotatable bonds is 6. The molecule has 1 amide bonds. The smallest absolute Gasteiger partial charge is 0.338 e. The van der Waals surface area contributed by atoms with Gasteiger partial charge in [0, 0.05) is 17.3 Å². The van der Waals surface area contributed by atoms with Crippen LogP contribution in [0.4, 0.5) is 5.69 Å². The zero-order chi connectivity index (χ0) is 22.4. The molecule has 1 heterocycles. The van der Waals surface area contributed by atoms with Gasteiger partial charge in [0.25, 0.3) is 5.91 Å². The molecule has 0 aliphatic heterocycles. The molecule has 1 N–H and O–H groups in total. The summed E-state index contributed by atoms with van der Waals surface area (Å²) in [5.74, 6) is -0.321. The molecule has 0 saturated heterocycles. The van der Waals surface area contributed by atoms with E-state index in [9.17, 15) is 14.9 Å². The Kier molecular flexibility index (Phi) is 7.14. The van der Waals surface area contributed by atoms with Crippen LogP contribution in [0, 0.1) is 11.3 Å². The Labute approximate surface area is 188 Å². The summed E-state index contributed by atoms with van der Waals surface area (Å²) in [5.41, 5.74) is 1.22. The minimum atomic E-state index is -0.620. The van der Waals surface area contributed by atoms with E-state index in [0.29, 0.717) is 38.4 Å². The summed E-state index contributed by atoms with van der Waals surface area (Å²) < 4.78 is 10.6. The van der Waals surface area contributed by atoms with E-state index in [4.69, 9.17) is 32.4 Å². The number of halogens is 2. The predicted molar refractivity (Wildman–Crippen MR) is 119 cm³/mol. The first kappa shape index (κ1) is 22.2. The second kappa shape index (κ2) is 9.98. The standard InChI is InChI=1S/C23H16Cl2N2O4/c1-2-30-23(29)14-6-8-16(9-7-14)27-22(28)15(13-26)12-17-10-11-20(31-17)18-4-3-5-19(24)21(18)25/h3-12H,2H2,1H3,(H,27,28). The van der Waals surface area contributed by atoms with Crippen LogP contribution in [0.15, 0.2) is 64.6 Å². The van der Waals surface area contributed by atoms with Crippen molar-refractivity contribution in [2.45, 2.75) is 6.92 Å². The predicted octanol–water partition coefficient (Wildman–Crippen LogP) is 5.98. The van der Waals surface area contributed by atoms with Crippen molar-refractivity contribution in [3.05, 3.63) is 81.5 Å². The number of anilines is 1. The average Bonchev–Trinajstić information content (AvgIpc) is 3.23. The third kappa shape index (κ3) is 5.34. The lowest BCUT2D eigenvalue weighted by molar-refractivity contribution is -0.112. The molecule has 0 fully saturated rings. The molecule has 0 aliphatic carbocycles. The second-order valence-corrected chi connectivity index (χ2v) is 7.01. The van der Waals surface area contributed by atoms with E-state index < -0.39 is 11.9 Å². The van der Waals surface area contributed by atoms with Crippen LogP contribution < -0.4 is 5.32 Å². The molecule has 6 nitrogen and oxygen atoms in total. The lowest BCUT2D eigenvalue weighted by atomic mass is 10.2. The molecule has 8 heteroatoms. The molecular weight excluding hydrogens is 439 g/mol. The summed E-state index contributed by atoms with van der Waals surface area (Å²) in [5, 5.41) is 12.7. The Bertz CT molecular complexity index is 1190. The maximum atomic E-state index is 12.5. The van der Waals surface area contributed by atoms with Gasteiger partial charge >= 0.3 is 5.97 Å². The molecule has 156 valence electrons. The van der Waals surface area contributed by atoms with Crippen molar-refractivity contribution in [1.82, 2.24) is 0 Å². The first-order chi connectivity index (χ1) is 14.9. The van der Waals surface area contributed by atoms with Crippen molar-refractivity contribution in [3.8, 4) is 17.4 Å². The fourth-order valence-electron chi connectivity index (χ4n) is 2.66. The minimum Gasteiger partial charge on any atom is -0.462 e. The Morgan fingerprint density at radius 3 is 2.55 bits per heavy atom. The summed E-state index contributed by atoms with van der Waals surface area (Å²) in [6.45, 7) is 1.99. The second-order valence-electron chi connectivity index (χ2n) is 6.23. The highest BCUT2D eigenvalue weighted by molar-refractivity contribution is 6.43. The van der Waals surface area contributed by atoms with E-state index in [-0.39, 0.29) is 12.2 Å². The van der Waals surface area contributed by atoms with Crippen LogP contribution in [0.3, 0.4) is 0 Å². The fraction of sp³-hybridized carbons (Fsp3) is 0.0870. The molecule has 0 aliphatic rings. The molecule has 0 unspecified atom stereocenters. The molecule has 0 atom stereocenters. The summed E-state index contributed by atoms with van der Waals surface area (Å²) in [4.78, 5) is 24.2. The van der Waals surface area contributed by atoms with Gasteiger partial charge in [-0.05, 0) is 55.5 Å². The van der Waals surface area contributed by atoms with Gasteiger partial charge in [0.1, 0.15) is 23.2 Å². The van der Waals surface area contributed by atoms with Gasteiger partial charge in [-0.1, -0.05) is 29.3 Å². The van der Waals surface area contributed by atoms with Gasteiger partial charge in [0.05, 0.1) is 22.2 Å². The molecule has 0 radical (unpaired) electrons. The molecule has 1 aromatic heterocycles. The fourth-order valence-corrected chi connectivity index (χ4v) is 3.06. The zero-order valence-electron chi connectivity index (χ0n) is 16.3. The number of furan rings is 1. The molecule has 3 aromatic rings. The average molecular weight is 455 g/mol. The number of hydrogen-bond acceptors (Lipinski definition) is 5. The number of carbonyl (C=O) groups is 2. The third-order valence-corrected chi connectivity index (χ3v) is 4.97. The quantitative estimate of drug-likeness (QED) is 0.281. The number of nitrogens with one attached hydrogen (secondary N) is 1. The molecule has 2 aromatic carbocycles. The van der Waals surface area contributed by atoms with Gasteiger partial charge in [-0.15, -0.1) is 0 Å². The van der Waals surface area contributed by atoms with Crippen LogP contribution >= 0.6 is 23.2 Å². The molecule has 0 bridgehead atoms. The van der Waals surface area contributed by atoms with Crippen molar-refractivity contribution in [3.63, 3.8) is 0 Å². The SMILES string of the molecule is CCOC(=O)c1ccc(NC(=O)C(C#N)=Cc2ccc(-c3cccc(Cl)c3Cl)o2)cc1. The van der Waals surface area contributed by atoms with Crippen LogP contribution in [-0.2, 0) is 9.53 Å². The number of benzene rings is 2. The highest BCUT2D eigenvalue weighted by atomic mass is 35.5. The Morgan fingerprint density at radius 2 is 1.87 bits per heavy atom. The van der Waals surface area contributed by atoms with E-state index in [0.717, 1.165) is 0 Å². The first-order valence-corrected chi connectivity index (χ1v) is 9.93. The van der Waals surface area contributed by atoms with Gasteiger partial charge in [-0.2, -0.15) is 5.26 Å². The highest BCUT2D eigenvalue weighted by Crippen LogP contribution is 2.34. The molecule has 0 spiro atoms. The van der Waals surface area contributed by atoms with E-state index in [1.165, 1.54) is 18.2 Å². The third-order valence-electron chi connectivity index (χ3n) is 4.15. The molecule has 3 rings (SSSR count). The van der Waals surface area contributed by atoms with Crippen LogP contribution in [-0.4, -0.2) is 18.5 Å². The van der Waals surface area contributed by atoms with Gasteiger partial charge in [-0.25, -0.2) is 4.79 Å². The highest BCUT2D eigenvalue weighted by Gasteiger charge is 2.14. The van der Waals surface area contributed by atoms with Crippen molar-refractivity contribution >= 4 is 46.8 Å². The van der Waals surface area contributed by atoms with Crippen LogP contribution in [0.25, 0.3) is 17.4 Å². The largest absolute Gasteiger partial charge is 0.462 e. The van der Waals surface area contributed by atoms with Crippen LogP contribution in [0.1, 0.15) is 23.0 Å². The van der Waals surface area contributed by atoms with E-state index in [1.54, 1.807) is 49.4 Å². The van der Waals surface area contributed by atoms with Gasteiger partial charge in [-0.3, -0.25) is 4.79 Å². The number of nitrogens with zero attached hydrogens (tertiary/aromatic N) is 1. The van der Waals surface area contributed by atoms with Crippen LogP contribution in [0.2, 0.25) is 10.0 Å². The van der Waals surface area contributed by atoms with E-state index in [1.807, 2.05) is 6.07 Å². The first-order valence-electron chi connectivity index (χ1n) is 9.17. The maximum Gasteiger partial charge on any atom is 0.338 e. The van der Waals surface area contributed by atoms with Gasteiger partial charge < -0.3 is 14.5 Å². The lowest BCUT2D eigenvalue weighted by Crippen LogP contribution is -2.13.